The van der Waals surface area contributed by atoms with Crippen LogP contribution >= 0.6 is 0 Å². The highest BCUT2D eigenvalue weighted by Crippen LogP contribution is 2.30. The fourth-order valence-corrected chi connectivity index (χ4v) is 4.22. The zero-order valence-corrected chi connectivity index (χ0v) is 17.6. The van der Waals surface area contributed by atoms with Crippen molar-refractivity contribution >= 4 is 11.8 Å². The van der Waals surface area contributed by atoms with E-state index in [0.717, 1.165) is 24.6 Å². The molecular formula is C25H30N2O2. The highest BCUT2D eigenvalue weighted by molar-refractivity contribution is 5.98. The Bertz CT molecular complexity index is 904. The summed E-state index contributed by atoms with van der Waals surface area (Å²) in [6, 6.07) is 17.4. The van der Waals surface area contributed by atoms with Gasteiger partial charge < -0.3 is 9.47 Å². The Hall–Kier alpha value is -2.62. The van der Waals surface area contributed by atoms with Gasteiger partial charge in [0.05, 0.1) is 12.5 Å². The Morgan fingerprint density at radius 1 is 0.931 bits per heavy atom. The highest BCUT2D eigenvalue weighted by atomic mass is 16.5. The molecule has 0 bridgehead atoms. The molecule has 2 aromatic carbocycles. The lowest BCUT2D eigenvalue weighted by atomic mass is 9.90. The molecule has 4 rings (SSSR count). The van der Waals surface area contributed by atoms with Crippen LogP contribution in [0.15, 0.2) is 58.5 Å². The summed E-state index contributed by atoms with van der Waals surface area (Å²) in [5.41, 5.74) is 5.23. The van der Waals surface area contributed by atoms with Crippen molar-refractivity contribution in [2.75, 3.05) is 13.2 Å². The van der Waals surface area contributed by atoms with E-state index in [1.807, 2.05) is 0 Å². The van der Waals surface area contributed by atoms with E-state index < -0.39 is 0 Å². The predicted molar refractivity (Wildman–Crippen MR) is 118 cm³/mol. The fourth-order valence-electron chi connectivity index (χ4n) is 4.22. The molecular weight excluding hydrogens is 360 g/mol. The van der Waals surface area contributed by atoms with Gasteiger partial charge in [-0.3, -0.25) is 0 Å². The first-order chi connectivity index (χ1) is 14.1. The molecule has 4 nitrogen and oxygen atoms in total. The van der Waals surface area contributed by atoms with Crippen LogP contribution in [0.4, 0.5) is 0 Å². The molecule has 0 amide bonds. The van der Waals surface area contributed by atoms with Crippen molar-refractivity contribution in [1.29, 1.82) is 0 Å². The van der Waals surface area contributed by atoms with Crippen molar-refractivity contribution in [2.45, 2.75) is 58.0 Å². The summed E-state index contributed by atoms with van der Waals surface area (Å²) in [5, 5.41) is 0. The molecule has 3 atom stereocenters. The number of hydrogen-bond donors (Lipinski definition) is 0. The van der Waals surface area contributed by atoms with Gasteiger partial charge in [0.25, 0.3) is 0 Å². The first-order valence-corrected chi connectivity index (χ1v) is 10.6. The number of aryl methyl sites for hydroxylation is 1. The van der Waals surface area contributed by atoms with Crippen molar-refractivity contribution < 1.29 is 9.47 Å². The van der Waals surface area contributed by atoms with Crippen molar-refractivity contribution in [3.63, 3.8) is 0 Å². The smallest absolute Gasteiger partial charge is 0.193 e. The molecule has 2 aromatic rings. The molecule has 2 aliphatic rings. The van der Waals surface area contributed by atoms with E-state index in [1.165, 1.54) is 22.3 Å². The quantitative estimate of drug-likeness (QED) is 0.622. The summed E-state index contributed by atoms with van der Waals surface area (Å²) < 4.78 is 11.8. The van der Waals surface area contributed by atoms with E-state index in [2.05, 4.69) is 69.3 Å². The number of ether oxygens (including phenoxy) is 2. The fraction of sp³-hybridized carbons (Fsp3) is 0.440. The summed E-state index contributed by atoms with van der Waals surface area (Å²) in [7, 11) is 0. The first kappa shape index (κ1) is 19.7. The summed E-state index contributed by atoms with van der Waals surface area (Å²) >= 11 is 0. The minimum Gasteiger partial charge on any atom is -0.478 e. The molecule has 0 saturated carbocycles. The van der Waals surface area contributed by atoms with Crippen LogP contribution in [0.5, 0.6) is 0 Å². The highest BCUT2D eigenvalue weighted by Gasteiger charge is 2.27. The number of benzene rings is 2. The second kappa shape index (κ2) is 8.81. The van der Waals surface area contributed by atoms with Gasteiger partial charge in [0, 0.05) is 0 Å². The van der Waals surface area contributed by atoms with Crippen molar-refractivity contribution in [1.82, 2.24) is 0 Å². The van der Waals surface area contributed by atoms with Gasteiger partial charge in [0.2, 0.25) is 0 Å². The Morgan fingerprint density at radius 2 is 1.69 bits per heavy atom. The van der Waals surface area contributed by atoms with E-state index in [-0.39, 0.29) is 12.1 Å². The third kappa shape index (κ3) is 4.52. The van der Waals surface area contributed by atoms with E-state index in [1.54, 1.807) is 0 Å². The summed E-state index contributed by atoms with van der Waals surface area (Å²) in [6.45, 7) is 7.80. The van der Waals surface area contributed by atoms with Crippen LogP contribution < -0.4 is 0 Å². The summed E-state index contributed by atoms with van der Waals surface area (Å²) in [5.74, 6) is 2.02. The van der Waals surface area contributed by atoms with E-state index in [9.17, 15) is 0 Å². The van der Waals surface area contributed by atoms with Crippen LogP contribution in [0.25, 0.3) is 0 Å². The second-order valence-electron chi connectivity index (χ2n) is 8.05. The van der Waals surface area contributed by atoms with E-state index >= 15 is 0 Å². The van der Waals surface area contributed by atoms with Crippen molar-refractivity contribution in [3.8, 4) is 0 Å². The summed E-state index contributed by atoms with van der Waals surface area (Å²) in [6.07, 6.45) is 2.68. The largest absolute Gasteiger partial charge is 0.478 e. The Morgan fingerprint density at radius 3 is 2.48 bits per heavy atom. The van der Waals surface area contributed by atoms with E-state index in [0.29, 0.717) is 25.6 Å². The SMILES string of the molecule is CCC(CC1COC(CC2=NC(c3cccc(C)c3C)CO2)=N1)c1ccccc1. The van der Waals surface area contributed by atoms with Gasteiger partial charge in [-0.1, -0.05) is 55.5 Å². The average Bonchev–Trinajstić information content (AvgIpc) is 3.39. The Balaban J connectivity index is 1.38. The Labute approximate surface area is 173 Å². The normalized spacial score (nSPS) is 21.9. The van der Waals surface area contributed by atoms with Gasteiger partial charge in [-0.05, 0) is 54.9 Å². The number of hydrogen-bond acceptors (Lipinski definition) is 4. The topological polar surface area (TPSA) is 43.2 Å². The standard InChI is InChI=1S/C25H30N2O2/c1-4-19(20-10-6-5-7-11-20)13-21-15-28-24(26-21)14-25-27-23(16-29-25)22-12-8-9-17(2)18(22)3/h5-12,19,21,23H,4,13-16H2,1-3H3. The average molecular weight is 391 g/mol. The lowest BCUT2D eigenvalue weighted by molar-refractivity contribution is 0.292. The predicted octanol–water partition coefficient (Wildman–Crippen LogP) is 5.54. The first-order valence-electron chi connectivity index (χ1n) is 10.6. The molecule has 0 N–H and O–H groups in total. The zero-order chi connectivity index (χ0) is 20.2. The van der Waals surface area contributed by atoms with Crippen LogP contribution in [0.1, 0.15) is 60.4 Å². The Kier molecular flexibility index (Phi) is 5.98. The molecule has 0 radical (unpaired) electrons. The second-order valence-corrected chi connectivity index (χ2v) is 8.05. The molecule has 3 unspecified atom stereocenters. The van der Waals surface area contributed by atoms with Gasteiger partial charge in [0.1, 0.15) is 19.3 Å². The molecule has 0 fully saturated rings. The molecule has 0 spiro atoms. The molecule has 2 aliphatic heterocycles. The third-order valence-corrected chi connectivity index (χ3v) is 6.10. The van der Waals surface area contributed by atoms with Gasteiger partial charge in [-0.15, -0.1) is 0 Å². The maximum atomic E-state index is 5.88. The van der Waals surface area contributed by atoms with Crippen LogP contribution in [-0.4, -0.2) is 31.1 Å². The van der Waals surface area contributed by atoms with Gasteiger partial charge in [-0.25, -0.2) is 9.98 Å². The molecule has 0 aliphatic carbocycles. The zero-order valence-electron chi connectivity index (χ0n) is 17.6. The molecule has 4 heteroatoms. The van der Waals surface area contributed by atoms with Crippen LogP contribution in [-0.2, 0) is 9.47 Å². The van der Waals surface area contributed by atoms with Crippen molar-refractivity contribution in [2.24, 2.45) is 9.98 Å². The lowest BCUT2D eigenvalue weighted by Crippen LogP contribution is -2.12. The van der Waals surface area contributed by atoms with Crippen LogP contribution in [0.2, 0.25) is 0 Å². The maximum absolute atomic E-state index is 5.88. The van der Waals surface area contributed by atoms with E-state index in [4.69, 9.17) is 19.5 Å². The number of nitrogens with zero attached hydrogens (tertiary/aromatic N) is 2. The van der Waals surface area contributed by atoms with Crippen molar-refractivity contribution in [3.05, 3.63) is 70.8 Å². The maximum Gasteiger partial charge on any atom is 0.193 e. The minimum absolute atomic E-state index is 0.0743. The number of rotatable bonds is 7. The van der Waals surface area contributed by atoms with Gasteiger partial charge in [-0.2, -0.15) is 0 Å². The van der Waals surface area contributed by atoms with Crippen LogP contribution in [0.3, 0.4) is 0 Å². The molecule has 0 saturated heterocycles. The summed E-state index contributed by atoms with van der Waals surface area (Å²) in [4.78, 5) is 9.63. The monoisotopic (exact) mass is 390 g/mol. The molecule has 0 aromatic heterocycles. The lowest BCUT2D eigenvalue weighted by Gasteiger charge is -2.17. The minimum atomic E-state index is 0.0743. The molecule has 152 valence electrons. The van der Waals surface area contributed by atoms with Crippen LogP contribution in [0, 0.1) is 13.8 Å². The molecule has 2 heterocycles. The van der Waals surface area contributed by atoms with Gasteiger partial charge >= 0.3 is 0 Å². The van der Waals surface area contributed by atoms with Gasteiger partial charge in [0.15, 0.2) is 11.8 Å². The number of aliphatic imine (C=N–C) groups is 2. The third-order valence-electron chi connectivity index (χ3n) is 6.10. The molecule has 29 heavy (non-hydrogen) atoms.